The van der Waals surface area contributed by atoms with Crippen LogP contribution in [0.1, 0.15) is 11.6 Å². The second kappa shape index (κ2) is 5.99. The van der Waals surface area contributed by atoms with E-state index in [1.807, 2.05) is 0 Å². The number of hydrogen-bond acceptors (Lipinski definition) is 4. The second-order valence-electron chi connectivity index (χ2n) is 4.81. The van der Waals surface area contributed by atoms with Crippen LogP contribution < -0.4 is 5.32 Å². The van der Waals surface area contributed by atoms with E-state index in [1.54, 1.807) is 0 Å². The van der Waals surface area contributed by atoms with Gasteiger partial charge in [-0.15, -0.1) is 0 Å². The molecule has 0 radical (unpaired) electrons. The van der Waals surface area contributed by atoms with Crippen LogP contribution in [-0.2, 0) is 0 Å². The molecule has 0 aliphatic carbocycles. The fourth-order valence-corrected chi connectivity index (χ4v) is 2.46. The van der Waals surface area contributed by atoms with Crippen molar-refractivity contribution in [3.05, 3.63) is 29.6 Å². The van der Waals surface area contributed by atoms with Gasteiger partial charge in [-0.1, -0.05) is 6.07 Å². The predicted molar refractivity (Wildman–Crippen MR) is 67.3 cm³/mol. The van der Waals surface area contributed by atoms with E-state index in [0.717, 1.165) is 12.1 Å². The molecule has 1 fully saturated rings. The fourth-order valence-electron chi connectivity index (χ4n) is 2.46. The number of piperazine rings is 1. The average Bonchev–Trinajstić information content (AvgIpc) is 2.43. The highest BCUT2D eigenvalue weighted by molar-refractivity contribution is 5.31. The number of halogens is 3. The first-order valence-electron chi connectivity index (χ1n) is 6.37. The molecule has 0 unspecified atom stereocenters. The lowest BCUT2D eigenvalue weighted by atomic mass is 9.97. The Labute approximate surface area is 114 Å². The number of phenolic OH excluding ortho intramolecular Hbond substituents is 1. The summed E-state index contributed by atoms with van der Waals surface area (Å²) >= 11 is 0. The van der Waals surface area contributed by atoms with Crippen LogP contribution in [0.3, 0.4) is 0 Å². The number of phenols is 1. The number of aliphatic hydroxyl groups excluding tert-OH is 1. The van der Waals surface area contributed by atoms with E-state index < -0.39 is 24.4 Å². The van der Waals surface area contributed by atoms with Gasteiger partial charge in [-0.25, -0.2) is 13.2 Å². The standard InChI is InChI=1S/C13H17F3N2O2/c14-11-7-9(20)1-2-10(11)12(13(15,16)8-19)18-5-3-17-4-6-18/h1-2,7,12,17,19-20H,3-6,8H2/t12-/m0/s1. The van der Waals surface area contributed by atoms with E-state index in [0.29, 0.717) is 26.2 Å². The van der Waals surface area contributed by atoms with Gasteiger partial charge in [0.15, 0.2) is 0 Å². The predicted octanol–water partition coefficient (Wildman–Crippen LogP) is 1.11. The average molecular weight is 290 g/mol. The van der Waals surface area contributed by atoms with Crippen molar-refractivity contribution in [3.63, 3.8) is 0 Å². The maximum absolute atomic E-state index is 14.0. The highest BCUT2D eigenvalue weighted by Crippen LogP contribution is 2.38. The SMILES string of the molecule is OCC(F)(F)[C@H](c1ccc(O)cc1F)N1CCNCC1. The van der Waals surface area contributed by atoms with Gasteiger partial charge in [0.2, 0.25) is 0 Å². The molecule has 0 bridgehead atoms. The molecule has 7 heteroatoms. The van der Waals surface area contributed by atoms with Crippen molar-refractivity contribution in [3.8, 4) is 5.75 Å². The van der Waals surface area contributed by atoms with Gasteiger partial charge in [0.1, 0.15) is 24.2 Å². The maximum atomic E-state index is 14.0. The third-order valence-corrected chi connectivity index (χ3v) is 3.41. The first-order valence-corrected chi connectivity index (χ1v) is 6.37. The van der Waals surface area contributed by atoms with Crippen molar-refractivity contribution in [2.45, 2.75) is 12.0 Å². The van der Waals surface area contributed by atoms with Crippen molar-refractivity contribution in [1.82, 2.24) is 10.2 Å². The molecule has 1 aliphatic rings. The van der Waals surface area contributed by atoms with Gasteiger partial charge in [-0.2, -0.15) is 0 Å². The minimum Gasteiger partial charge on any atom is -0.508 e. The summed E-state index contributed by atoms with van der Waals surface area (Å²) in [5, 5.41) is 21.2. The van der Waals surface area contributed by atoms with Gasteiger partial charge in [0.25, 0.3) is 5.92 Å². The lowest BCUT2D eigenvalue weighted by Crippen LogP contribution is -2.51. The molecular formula is C13H17F3N2O2. The Hall–Kier alpha value is -1.31. The topological polar surface area (TPSA) is 55.7 Å². The number of hydrogen-bond donors (Lipinski definition) is 3. The maximum Gasteiger partial charge on any atom is 0.290 e. The fraction of sp³-hybridized carbons (Fsp3) is 0.538. The summed E-state index contributed by atoms with van der Waals surface area (Å²) < 4.78 is 42.0. The van der Waals surface area contributed by atoms with E-state index in [1.165, 1.54) is 11.0 Å². The Kier molecular flexibility index (Phi) is 4.52. The molecule has 112 valence electrons. The summed E-state index contributed by atoms with van der Waals surface area (Å²) in [5.74, 6) is -4.69. The zero-order valence-corrected chi connectivity index (χ0v) is 10.8. The Balaban J connectivity index is 2.39. The third-order valence-electron chi connectivity index (χ3n) is 3.41. The van der Waals surface area contributed by atoms with Crippen molar-refractivity contribution in [2.75, 3.05) is 32.8 Å². The lowest BCUT2D eigenvalue weighted by Gasteiger charge is -2.38. The molecule has 1 aromatic carbocycles. The molecule has 0 aromatic heterocycles. The van der Waals surface area contributed by atoms with Crippen molar-refractivity contribution in [1.29, 1.82) is 0 Å². The molecule has 1 heterocycles. The van der Waals surface area contributed by atoms with Gasteiger partial charge >= 0.3 is 0 Å². The molecule has 2 rings (SSSR count). The number of nitrogens with one attached hydrogen (secondary N) is 1. The lowest BCUT2D eigenvalue weighted by molar-refractivity contribution is -0.119. The summed E-state index contributed by atoms with van der Waals surface area (Å²) in [6.45, 7) is 0.360. The number of benzene rings is 1. The van der Waals surface area contributed by atoms with Crippen LogP contribution in [0.15, 0.2) is 18.2 Å². The molecule has 0 saturated carbocycles. The Morgan fingerprint density at radius 1 is 1.30 bits per heavy atom. The molecule has 0 spiro atoms. The molecule has 1 atom stereocenters. The van der Waals surface area contributed by atoms with E-state index >= 15 is 0 Å². The monoisotopic (exact) mass is 290 g/mol. The molecule has 1 aromatic rings. The largest absolute Gasteiger partial charge is 0.508 e. The summed E-state index contributed by atoms with van der Waals surface area (Å²) in [7, 11) is 0. The van der Waals surface area contributed by atoms with Crippen LogP contribution in [-0.4, -0.2) is 53.8 Å². The van der Waals surface area contributed by atoms with E-state index in [2.05, 4.69) is 5.32 Å². The first-order chi connectivity index (χ1) is 9.45. The molecule has 20 heavy (non-hydrogen) atoms. The summed E-state index contributed by atoms with van der Waals surface area (Å²) in [6, 6.07) is 1.56. The second-order valence-corrected chi connectivity index (χ2v) is 4.81. The Morgan fingerprint density at radius 3 is 2.50 bits per heavy atom. The minimum absolute atomic E-state index is 0.219. The van der Waals surface area contributed by atoms with Crippen LogP contribution in [0.5, 0.6) is 5.75 Å². The highest BCUT2D eigenvalue weighted by Gasteiger charge is 2.45. The molecule has 1 aliphatic heterocycles. The van der Waals surface area contributed by atoms with Crippen molar-refractivity contribution in [2.24, 2.45) is 0 Å². The van der Waals surface area contributed by atoms with E-state index in [9.17, 15) is 18.3 Å². The van der Waals surface area contributed by atoms with Gasteiger partial charge < -0.3 is 15.5 Å². The quantitative estimate of drug-likeness (QED) is 0.777. The third kappa shape index (κ3) is 3.05. The zero-order valence-electron chi connectivity index (χ0n) is 10.8. The van der Waals surface area contributed by atoms with Crippen LogP contribution in [0.25, 0.3) is 0 Å². The molecule has 1 saturated heterocycles. The van der Waals surface area contributed by atoms with Crippen LogP contribution in [0, 0.1) is 5.82 Å². The van der Waals surface area contributed by atoms with Crippen molar-refractivity contribution >= 4 is 0 Å². The molecule has 3 N–H and O–H groups in total. The molecular weight excluding hydrogens is 273 g/mol. The summed E-state index contributed by atoms with van der Waals surface area (Å²) in [5.41, 5.74) is -0.219. The Bertz CT molecular complexity index is 465. The number of rotatable bonds is 4. The summed E-state index contributed by atoms with van der Waals surface area (Å²) in [4.78, 5) is 1.45. The summed E-state index contributed by atoms with van der Waals surface area (Å²) in [6.07, 6.45) is 0. The Morgan fingerprint density at radius 2 is 1.95 bits per heavy atom. The smallest absolute Gasteiger partial charge is 0.290 e. The van der Waals surface area contributed by atoms with E-state index in [-0.39, 0.29) is 11.3 Å². The first kappa shape index (κ1) is 15.1. The highest BCUT2D eigenvalue weighted by atomic mass is 19.3. The van der Waals surface area contributed by atoms with Crippen molar-refractivity contribution < 1.29 is 23.4 Å². The normalized spacial score (nSPS) is 19.0. The van der Waals surface area contributed by atoms with Gasteiger partial charge in [-0.05, 0) is 6.07 Å². The number of alkyl halides is 2. The number of nitrogens with zero attached hydrogens (tertiary/aromatic N) is 1. The minimum atomic E-state index is -3.46. The van der Waals surface area contributed by atoms with Gasteiger partial charge in [-0.3, -0.25) is 4.90 Å². The van der Waals surface area contributed by atoms with Crippen LogP contribution in [0.2, 0.25) is 0 Å². The molecule has 0 amide bonds. The molecule has 4 nitrogen and oxygen atoms in total. The van der Waals surface area contributed by atoms with Gasteiger partial charge in [0.05, 0.1) is 0 Å². The number of aromatic hydroxyl groups is 1. The van der Waals surface area contributed by atoms with Gasteiger partial charge in [0, 0.05) is 37.8 Å². The van der Waals surface area contributed by atoms with Crippen LogP contribution in [0.4, 0.5) is 13.2 Å². The zero-order chi connectivity index (χ0) is 14.8. The number of aliphatic hydroxyl groups is 1. The van der Waals surface area contributed by atoms with E-state index in [4.69, 9.17) is 5.11 Å². The van der Waals surface area contributed by atoms with Crippen LogP contribution >= 0.6 is 0 Å².